The summed E-state index contributed by atoms with van der Waals surface area (Å²) >= 11 is 0. The van der Waals surface area contributed by atoms with E-state index in [0.717, 1.165) is 12.5 Å². The maximum atomic E-state index is 6.37. The predicted molar refractivity (Wildman–Crippen MR) is 74.0 cm³/mol. The van der Waals surface area contributed by atoms with Gasteiger partial charge in [-0.25, -0.2) is 0 Å². The van der Waals surface area contributed by atoms with Crippen molar-refractivity contribution in [2.24, 2.45) is 17.1 Å². The van der Waals surface area contributed by atoms with Gasteiger partial charge in [-0.2, -0.15) is 0 Å². The molecule has 1 aliphatic heterocycles. The van der Waals surface area contributed by atoms with Gasteiger partial charge in [0.15, 0.2) is 0 Å². The summed E-state index contributed by atoms with van der Waals surface area (Å²) < 4.78 is 0. The second kappa shape index (κ2) is 5.71. The maximum absolute atomic E-state index is 6.37. The van der Waals surface area contributed by atoms with Crippen molar-refractivity contribution in [3.63, 3.8) is 0 Å². The normalized spacial score (nSPS) is 28.4. The van der Waals surface area contributed by atoms with Crippen LogP contribution in [0, 0.1) is 11.3 Å². The van der Waals surface area contributed by atoms with Crippen molar-refractivity contribution in [2.45, 2.75) is 64.8 Å². The molecular weight excluding hydrogens is 208 g/mol. The summed E-state index contributed by atoms with van der Waals surface area (Å²) in [6, 6.07) is 0.434. The molecule has 2 N–H and O–H groups in total. The summed E-state index contributed by atoms with van der Waals surface area (Å²) in [7, 11) is 0. The van der Waals surface area contributed by atoms with Gasteiger partial charge < -0.3 is 10.6 Å². The third kappa shape index (κ3) is 3.45. The number of nitrogens with two attached hydrogens (primary N) is 1. The average Bonchev–Trinajstić information content (AvgIpc) is 2.86. The minimum Gasteiger partial charge on any atom is -0.326 e. The van der Waals surface area contributed by atoms with Crippen LogP contribution in [0.5, 0.6) is 0 Å². The smallest absolute Gasteiger partial charge is 0.0196 e. The van der Waals surface area contributed by atoms with Crippen LogP contribution < -0.4 is 5.73 Å². The molecule has 0 aromatic heterocycles. The van der Waals surface area contributed by atoms with Gasteiger partial charge in [0, 0.05) is 12.6 Å². The second-order valence-corrected chi connectivity index (χ2v) is 6.67. The Kier molecular flexibility index (Phi) is 4.48. The number of nitrogens with zero attached hydrogens (tertiary/aromatic N) is 1. The first kappa shape index (κ1) is 13.4. The van der Waals surface area contributed by atoms with E-state index in [0.29, 0.717) is 11.5 Å². The largest absolute Gasteiger partial charge is 0.326 e. The van der Waals surface area contributed by atoms with Crippen LogP contribution in [0.1, 0.15) is 58.8 Å². The number of likely N-dealkylation sites (tertiary alicyclic amines) is 1. The minimum absolute atomic E-state index is 0.434. The molecule has 0 aromatic carbocycles. The summed E-state index contributed by atoms with van der Waals surface area (Å²) in [4.78, 5) is 2.61. The molecule has 1 atom stereocenters. The fourth-order valence-electron chi connectivity index (χ4n) is 3.46. The van der Waals surface area contributed by atoms with Crippen molar-refractivity contribution in [3.05, 3.63) is 0 Å². The summed E-state index contributed by atoms with van der Waals surface area (Å²) in [5.41, 5.74) is 6.97. The van der Waals surface area contributed by atoms with Gasteiger partial charge in [0.1, 0.15) is 0 Å². The summed E-state index contributed by atoms with van der Waals surface area (Å²) in [5, 5.41) is 0. The van der Waals surface area contributed by atoms with Crippen LogP contribution in [0.15, 0.2) is 0 Å². The molecule has 2 aliphatic rings. The van der Waals surface area contributed by atoms with Gasteiger partial charge in [0.2, 0.25) is 0 Å². The number of rotatable bonds is 4. The molecule has 2 heteroatoms. The van der Waals surface area contributed by atoms with E-state index in [1.165, 1.54) is 58.0 Å². The Morgan fingerprint density at radius 3 is 2.35 bits per heavy atom. The lowest BCUT2D eigenvalue weighted by molar-refractivity contribution is 0.104. The molecule has 2 fully saturated rings. The molecule has 0 bridgehead atoms. The van der Waals surface area contributed by atoms with Gasteiger partial charge in [0.25, 0.3) is 0 Å². The number of hydrogen-bond donors (Lipinski definition) is 1. The lowest BCUT2D eigenvalue weighted by Gasteiger charge is -2.40. The molecule has 0 radical (unpaired) electrons. The number of hydrogen-bond acceptors (Lipinski definition) is 2. The van der Waals surface area contributed by atoms with Gasteiger partial charge in [0.05, 0.1) is 0 Å². The first-order valence-electron chi connectivity index (χ1n) is 7.61. The standard InChI is InChI=1S/C15H30N2/c1-3-15(2)8-10-17(11-9-15)12-14(16)13-6-4-5-7-13/h13-14H,3-12,16H2,1-2H3. The molecule has 1 aliphatic carbocycles. The topological polar surface area (TPSA) is 29.3 Å². The van der Waals surface area contributed by atoms with Crippen LogP contribution >= 0.6 is 0 Å². The van der Waals surface area contributed by atoms with Crippen molar-refractivity contribution in [1.29, 1.82) is 0 Å². The highest BCUT2D eigenvalue weighted by Crippen LogP contribution is 2.34. The molecular formula is C15H30N2. The van der Waals surface area contributed by atoms with E-state index in [9.17, 15) is 0 Å². The molecule has 1 saturated carbocycles. The van der Waals surface area contributed by atoms with Crippen molar-refractivity contribution >= 4 is 0 Å². The van der Waals surface area contributed by atoms with Gasteiger partial charge in [-0.05, 0) is 50.1 Å². The summed E-state index contributed by atoms with van der Waals surface area (Å²) in [5.74, 6) is 0.814. The van der Waals surface area contributed by atoms with E-state index in [4.69, 9.17) is 5.73 Å². The maximum Gasteiger partial charge on any atom is 0.0196 e. The van der Waals surface area contributed by atoms with Crippen molar-refractivity contribution in [3.8, 4) is 0 Å². The first-order chi connectivity index (χ1) is 8.13. The number of piperidine rings is 1. The quantitative estimate of drug-likeness (QED) is 0.816. The van der Waals surface area contributed by atoms with E-state index in [2.05, 4.69) is 18.7 Å². The Morgan fingerprint density at radius 1 is 1.24 bits per heavy atom. The van der Waals surface area contributed by atoms with Crippen molar-refractivity contribution in [1.82, 2.24) is 4.90 Å². The minimum atomic E-state index is 0.434. The van der Waals surface area contributed by atoms with E-state index >= 15 is 0 Å². The highest BCUT2D eigenvalue weighted by molar-refractivity contribution is 4.85. The van der Waals surface area contributed by atoms with E-state index in [-0.39, 0.29) is 0 Å². The Balaban J connectivity index is 1.73. The Morgan fingerprint density at radius 2 is 1.82 bits per heavy atom. The van der Waals surface area contributed by atoms with Crippen LogP contribution in [-0.2, 0) is 0 Å². The Labute approximate surface area is 107 Å². The van der Waals surface area contributed by atoms with Crippen molar-refractivity contribution < 1.29 is 0 Å². The van der Waals surface area contributed by atoms with Gasteiger partial charge >= 0.3 is 0 Å². The SMILES string of the molecule is CCC1(C)CCN(CC(N)C2CCCC2)CC1. The molecule has 0 amide bonds. The molecule has 1 heterocycles. The van der Waals surface area contributed by atoms with Crippen LogP contribution in [0.4, 0.5) is 0 Å². The summed E-state index contributed by atoms with van der Waals surface area (Å²) in [6.45, 7) is 8.46. The van der Waals surface area contributed by atoms with Gasteiger partial charge in [-0.1, -0.05) is 33.1 Å². The van der Waals surface area contributed by atoms with Crippen LogP contribution in [-0.4, -0.2) is 30.6 Å². The first-order valence-corrected chi connectivity index (χ1v) is 7.61. The van der Waals surface area contributed by atoms with E-state index in [1.54, 1.807) is 0 Å². The lowest BCUT2D eigenvalue weighted by Crippen LogP contribution is -2.46. The zero-order chi connectivity index (χ0) is 12.3. The lowest BCUT2D eigenvalue weighted by atomic mass is 9.78. The average molecular weight is 238 g/mol. The molecule has 1 saturated heterocycles. The molecule has 1 unspecified atom stereocenters. The molecule has 0 spiro atoms. The zero-order valence-electron chi connectivity index (χ0n) is 11.8. The van der Waals surface area contributed by atoms with Crippen LogP contribution in [0.25, 0.3) is 0 Å². The van der Waals surface area contributed by atoms with E-state index < -0.39 is 0 Å². The molecule has 2 nitrogen and oxygen atoms in total. The highest BCUT2D eigenvalue weighted by Gasteiger charge is 2.30. The predicted octanol–water partition coefficient (Wildman–Crippen LogP) is 3.02. The van der Waals surface area contributed by atoms with Gasteiger partial charge in [-0.15, -0.1) is 0 Å². The Bertz CT molecular complexity index is 225. The van der Waals surface area contributed by atoms with Gasteiger partial charge in [-0.3, -0.25) is 0 Å². The zero-order valence-corrected chi connectivity index (χ0v) is 11.8. The molecule has 100 valence electrons. The van der Waals surface area contributed by atoms with Crippen molar-refractivity contribution in [2.75, 3.05) is 19.6 Å². The highest BCUT2D eigenvalue weighted by atomic mass is 15.1. The third-order valence-electron chi connectivity index (χ3n) is 5.39. The molecule has 0 aromatic rings. The van der Waals surface area contributed by atoms with Crippen LogP contribution in [0.2, 0.25) is 0 Å². The molecule has 2 rings (SSSR count). The monoisotopic (exact) mass is 238 g/mol. The fourth-order valence-corrected chi connectivity index (χ4v) is 3.46. The second-order valence-electron chi connectivity index (χ2n) is 6.67. The van der Waals surface area contributed by atoms with E-state index in [1.807, 2.05) is 0 Å². The van der Waals surface area contributed by atoms with Crippen LogP contribution in [0.3, 0.4) is 0 Å². The molecule has 17 heavy (non-hydrogen) atoms. The fraction of sp³-hybridized carbons (Fsp3) is 1.00. The Hall–Kier alpha value is -0.0800. The summed E-state index contributed by atoms with van der Waals surface area (Å²) in [6.07, 6.45) is 9.62. The third-order valence-corrected chi connectivity index (χ3v) is 5.39.